The monoisotopic (exact) mass is 436 g/mol. The van der Waals surface area contributed by atoms with Crippen LogP contribution in [0.4, 0.5) is 11.4 Å². The molecular formula is C23H24N4O5. The third kappa shape index (κ3) is 5.32. The van der Waals surface area contributed by atoms with Gasteiger partial charge in [-0.05, 0) is 29.8 Å². The van der Waals surface area contributed by atoms with Gasteiger partial charge < -0.3 is 24.5 Å². The molecule has 0 radical (unpaired) electrons. The average molecular weight is 436 g/mol. The molecule has 0 atom stereocenters. The number of oxazole rings is 1. The molecule has 9 heteroatoms. The number of aromatic nitrogens is 1. The molecule has 0 saturated carbocycles. The van der Waals surface area contributed by atoms with E-state index < -0.39 is 11.8 Å². The highest BCUT2D eigenvalue weighted by Crippen LogP contribution is 2.32. The van der Waals surface area contributed by atoms with E-state index in [4.69, 9.17) is 13.9 Å². The molecule has 0 bridgehead atoms. The second-order valence-corrected chi connectivity index (χ2v) is 7.27. The van der Waals surface area contributed by atoms with Gasteiger partial charge in [0.2, 0.25) is 0 Å². The largest absolute Gasteiger partial charge is 0.496 e. The van der Waals surface area contributed by atoms with E-state index in [1.54, 1.807) is 36.5 Å². The maximum absolute atomic E-state index is 12.3. The summed E-state index contributed by atoms with van der Waals surface area (Å²) in [5.74, 6) is -0.522. The zero-order valence-corrected chi connectivity index (χ0v) is 17.7. The van der Waals surface area contributed by atoms with Gasteiger partial charge in [-0.25, -0.2) is 4.98 Å². The fraction of sp³-hybridized carbons (Fsp3) is 0.261. The molecular weight excluding hydrogens is 412 g/mol. The summed E-state index contributed by atoms with van der Waals surface area (Å²) < 4.78 is 16.0. The van der Waals surface area contributed by atoms with Crippen LogP contribution in [0.3, 0.4) is 0 Å². The van der Waals surface area contributed by atoms with Crippen molar-refractivity contribution in [2.45, 2.75) is 6.54 Å². The first-order valence-corrected chi connectivity index (χ1v) is 10.2. The van der Waals surface area contributed by atoms with Crippen LogP contribution in [-0.2, 0) is 20.9 Å². The highest BCUT2D eigenvalue weighted by Gasteiger charge is 2.17. The van der Waals surface area contributed by atoms with Crippen LogP contribution in [0.15, 0.2) is 59.5 Å². The molecule has 2 N–H and O–H groups in total. The molecule has 2 amide bonds. The van der Waals surface area contributed by atoms with Gasteiger partial charge in [0.1, 0.15) is 5.75 Å². The number of carbonyl (C=O) groups excluding carboxylic acids is 2. The maximum Gasteiger partial charge on any atom is 0.314 e. The second-order valence-electron chi connectivity index (χ2n) is 7.27. The molecule has 2 heterocycles. The minimum Gasteiger partial charge on any atom is -0.496 e. The maximum atomic E-state index is 12.3. The van der Waals surface area contributed by atoms with Crippen molar-refractivity contribution in [2.24, 2.45) is 0 Å². The van der Waals surface area contributed by atoms with Crippen LogP contribution >= 0.6 is 0 Å². The van der Waals surface area contributed by atoms with Gasteiger partial charge in [0.05, 0.1) is 32.1 Å². The fourth-order valence-corrected chi connectivity index (χ4v) is 3.41. The average Bonchev–Trinajstić information content (AvgIpc) is 3.35. The first-order chi connectivity index (χ1) is 15.6. The summed E-state index contributed by atoms with van der Waals surface area (Å²) in [4.78, 5) is 30.9. The molecule has 166 valence electrons. The molecule has 1 fully saturated rings. The molecule has 1 saturated heterocycles. The molecule has 4 rings (SSSR count). The highest BCUT2D eigenvalue weighted by atomic mass is 16.5. The minimum atomic E-state index is -0.781. The predicted molar refractivity (Wildman–Crippen MR) is 118 cm³/mol. The van der Waals surface area contributed by atoms with Crippen LogP contribution in [0.5, 0.6) is 5.75 Å². The molecule has 0 aliphatic carbocycles. The van der Waals surface area contributed by atoms with Crippen molar-refractivity contribution in [3.05, 3.63) is 60.6 Å². The SMILES string of the molecule is COc1cc(NC(=O)C(=O)Nc2ccc(CN3CCOCC3)cc2)ccc1-c1cnco1. The van der Waals surface area contributed by atoms with Gasteiger partial charge >= 0.3 is 11.8 Å². The van der Waals surface area contributed by atoms with E-state index in [0.29, 0.717) is 28.4 Å². The van der Waals surface area contributed by atoms with Crippen molar-refractivity contribution in [3.8, 4) is 17.1 Å². The molecule has 1 aromatic heterocycles. The Labute approximate surface area is 185 Å². The summed E-state index contributed by atoms with van der Waals surface area (Å²) in [6, 6.07) is 12.5. The third-order valence-corrected chi connectivity index (χ3v) is 5.09. The van der Waals surface area contributed by atoms with Crippen LogP contribution in [0, 0.1) is 0 Å². The predicted octanol–water partition coefficient (Wildman–Crippen LogP) is 2.76. The van der Waals surface area contributed by atoms with Crippen LogP contribution in [0.25, 0.3) is 11.3 Å². The Kier molecular flexibility index (Phi) is 6.78. The number of hydrogen-bond acceptors (Lipinski definition) is 7. The Balaban J connectivity index is 1.34. The molecule has 0 unspecified atom stereocenters. The standard InChI is InChI=1S/C23H24N4O5/c1-30-20-12-18(6-7-19(20)21-13-24-15-32-21)26-23(29)22(28)25-17-4-2-16(3-5-17)14-27-8-10-31-11-9-27/h2-7,12-13,15H,8-11,14H2,1H3,(H,25,28)(H,26,29). The Morgan fingerprint density at radius 2 is 1.72 bits per heavy atom. The summed E-state index contributed by atoms with van der Waals surface area (Å²) in [6.45, 7) is 4.13. The number of anilines is 2. The quantitative estimate of drug-likeness (QED) is 0.573. The second kappa shape index (κ2) is 10.1. The molecule has 1 aliphatic heterocycles. The first kappa shape index (κ1) is 21.5. The Bertz CT molecular complexity index is 1060. The number of morpholine rings is 1. The number of hydrogen-bond donors (Lipinski definition) is 2. The zero-order chi connectivity index (χ0) is 22.3. The number of amides is 2. The molecule has 0 spiro atoms. The van der Waals surface area contributed by atoms with Crippen molar-refractivity contribution in [1.82, 2.24) is 9.88 Å². The van der Waals surface area contributed by atoms with Crippen molar-refractivity contribution < 1.29 is 23.5 Å². The Hall–Kier alpha value is -3.69. The van der Waals surface area contributed by atoms with E-state index in [2.05, 4.69) is 20.5 Å². The fourth-order valence-electron chi connectivity index (χ4n) is 3.41. The number of nitrogens with zero attached hydrogens (tertiary/aromatic N) is 2. The molecule has 3 aromatic rings. The molecule has 2 aromatic carbocycles. The van der Waals surface area contributed by atoms with E-state index in [1.807, 2.05) is 12.1 Å². The van der Waals surface area contributed by atoms with Gasteiger partial charge in [-0.1, -0.05) is 12.1 Å². The lowest BCUT2D eigenvalue weighted by molar-refractivity contribution is -0.132. The van der Waals surface area contributed by atoms with E-state index in [9.17, 15) is 9.59 Å². The summed E-state index contributed by atoms with van der Waals surface area (Å²) in [6.07, 6.45) is 2.89. The lowest BCUT2D eigenvalue weighted by Crippen LogP contribution is -2.35. The smallest absolute Gasteiger partial charge is 0.314 e. The number of benzene rings is 2. The lowest BCUT2D eigenvalue weighted by Gasteiger charge is -2.26. The Morgan fingerprint density at radius 1 is 1.03 bits per heavy atom. The summed E-state index contributed by atoms with van der Waals surface area (Å²) in [5, 5.41) is 5.20. The van der Waals surface area contributed by atoms with E-state index >= 15 is 0 Å². The molecule has 1 aliphatic rings. The summed E-state index contributed by atoms with van der Waals surface area (Å²) in [7, 11) is 1.51. The molecule has 32 heavy (non-hydrogen) atoms. The van der Waals surface area contributed by atoms with E-state index in [1.165, 1.54) is 13.5 Å². The van der Waals surface area contributed by atoms with Gasteiger partial charge in [0.15, 0.2) is 12.2 Å². The number of methoxy groups -OCH3 is 1. The normalized spacial score (nSPS) is 14.0. The number of rotatable bonds is 6. The molecule has 9 nitrogen and oxygen atoms in total. The number of carbonyl (C=O) groups is 2. The topological polar surface area (TPSA) is 106 Å². The highest BCUT2D eigenvalue weighted by molar-refractivity contribution is 6.43. The lowest BCUT2D eigenvalue weighted by atomic mass is 10.1. The van der Waals surface area contributed by atoms with Gasteiger partial charge in [0, 0.05) is 37.1 Å². The van der Waals surface area contributed by atoms with Crippen molar-refractivity contribution in [3.63, 3.8) is 0 Å². The van der Waals surface area contributed by atoms with Gasteiger partial charge in [-0.2, -0.15) is 0 Å². The van der Waals surface area contributed by atoms with Crippen LogP contribution < -0.4 is 15.4 Å². The number of nitrogens with one attached hydrogen (secondary N) is 2. The minimum absolute atomic E-state index is 0.422. The van der Waals surface area contributed by atoms with Gasteiger partial charge in [-0.15, -0.1) is 0 Å². The van der Waals surface area contributed by atoms with Gasteiger partial charge in [0.25, 0.3) is 0 Å². The number of ether oxygens (including phenoxy) is 2. The third-order valence-electron chi connectivity index (χ3n) is 5.09. The van der Waals surface area contributed by atoms with Crippen LogP contribution in [0.2, 0.25) is 0 Å². The van der Waals surface area contributed by atoms with Crippen molar-refractivity contribution >= 4 is 23.2 Å². The van der Waals surface area contributed by atoms with Crippen molar-refractivity contribution in [1.29, 1.82) is 0 Å². The van der Waals surface area contributed by atoms with Crippen LogP contribution in [0.1, 0.15) is 5.56 Å². The van der Waals surface area contributed by atoms with E-state index in [0.717, 1.165) is 38.4 Å². The first-order valence-electron chi connectivity index (χ1n) is 10.2. The van der Waals surface area contributed by atoms with Crippen molar-refractivity contribution in [2.75, 3.05) is 44.0 Å². The zero-order valence-electron chi connectivity index (χ0n) is 17.7. The van der Waals surface area contributed by atoms with Crippen LogP contribution in [-0.4, -0.2) is 55.1 Å². The van der Waals surface area contributed by atoms with E-state index in [-0.39, 0.29) is 0 Å². The van der Waals surface area contributed by atoms with Gasteiger partial charge in [-0.3, -0.25) is 14.5 Å². The Morgan fingerprint density at radius 3 is 2.38 bits per heavy atom. The summed E-state index contributed by atoms with van der Waals surface area (Å²) in [5.41, 5.74) is 2.79. The summed E-state index contributed by atoms with van der Waals surface area (Å²) >= 11 is 0.